The first-order chi connectivity index (χ1) is 26.9. The fourth-order valence-electron chi connectivity index (χ4n) is 8.14. The zero-order valence-corrected chi connectivity index (χ0v) is 33.0. The number of aromatic nitrogens is 4. The number of hydrogen-bond donors (Lipinski definition) is 2. The number of nitrogens with one attached hydrogen (secondary N) is 2. The number of rotatable bonds is 11. The lowest BCUT2D eigenvalue weighted by Gasteiger charge is -2.45. The molecular formula is C40H49ClF2N9O4+. The van der Waals surface area contributed by atoms with Crippen LogP contribution in [0.25, 0.3) is 22.4 Å². The summed E-state index contributed by atoms with van der Waals surface area (Å²) in [5.74, 6) is -2.06. The molecule has 3 aliphatic heterocycles. The second-order valence-electron chi connectivity index (χ2n) is 15.5. The Labute approximate surface area is 330 Å². The molecule has 3 aliphatic rings. The number of ether oxygens (including phenoxy) is 1. The number of anilines is 1. The molecule has 16 heteroatoms. The van der Waals surface area contributed by atoms with Gasteiger partial charge in [0.1, 0.15) is 0 Å². The first-order valence-electron chi connectivity index (χ1n) is 19.1. The number of quaternary nitrogens is 1. The molecule has 3 fully saturated rings. The van der Waals surface area contributed by atoms with E-state index in [-0.39, 0.29) is 51.0 Å². The van der Waals surface area contributed by atoms with Crippen LogP contribution in [0.2, 0.25) is 5.02 Å². The number of benzene rings is 2. The number of carbonyl (C=O) groups excluding carboxylic acids is 3. The minimum atomic E-state index is -1.08. The van der Waals surface area contributed by atoms with E-state index in [1.54, 1.807) is 41.9 Å². The second kappa shape index (κ2) is 16.4. The maximum atomic E-state index is 15.6. The lowest BCUT2D eigenvalue weighted by atomic mass is 9.91. The molecule has 2 aromatic heterocycles. The molecule has 4 aromatic rings. The molecule has 0 bridgehead atoms. The lowest BCUT2D eigenvalue weighted by molar-refractivity contribution is -0.918. The Morgan fingerprint density at radius 1 is 1.00 bits per heavy atom. The monoisotopic (exact) mass is 792 g/mol. The number of piperazine rings is 1. The van der Waals surface area contributed by atoms with Crippen molar-refractivity contribution in [1.82, 2.24) is 34.4 Å². The molecular weight excluding hydrogens is 744 g/mol. The van der Waals surface area contributed by atoms with Crippen LogP contribution >= 0.6 is 11.6 Å². The predicted octanol–water partition coefficient (Wildman–Crippen LogP) is 4.45. The molecule has 5 heterocycles. The Balaban J connectivity index is 0.944. The van der Waals surface area contributed by atoms with E-state index in [1.165, 1.54) is 42.6 Å². The van der Waals surface area contributed by atoms with E-state index in [9.17, 15) is 14.4 Å². The Morgan fingerprint density at radius 2 is 1.68 bits per heavy atom. The van der Waals surface area contributed by atoms with Gasteiger partial charge in [-0.25, -0.2) is 13.8 Å². The van der Waals surface area contributed by atoms with Crippen LogP contribution in [0, 0.1) is 30.4 Å². The van der Waals surface area contributed by atoms with Crippen molar-refractivity contribution in [2.75, 3.05) is 85.0 Å². The minimum Gasteiger partial charge on any atom is -0.383 e. The number of amides is 3. The summed E-state index contributed by atoms with van der Waals surface area (Å²) in [6.07, 6.45) is 4.75. The molecule has 3 saturated heterocycles. The molecule has 3 amide bonds. The van der Waals surface area contributed by atoms with Gasteiger partial charge in [-0.1, -0.05) is 17.7 Å². The van der Waals surface area contributed by atoms with Crippen LogP contribution in [-0.4, -0.2) is 131 Å². The SMILES string of the molecule is COCCn1cc(-c2ccc(-c3cnc(C(=O)Nc4ccc(C(=O)N5CCN(C(=O)C6CC[N+](C)(CC7CNC7)CC6)CC5)c(Cl)c4)n3C)c(F)c2F)c(C)n1. The van der Waals surface area contributed by atoms with E-state index in [2.05, 4.69) is 27.8 Å². The number of aryl methyl sites for hydroxylation is 1. The highest BCUT2D eigenvalue weighted by molar-refractivity contribution is 6.34. The van der Waals surface area contributed by atoms with Gasteiger partial charge >= 0.3 is 0 Å². The number of imidazole rings is 1. The number of hydrogen-bond acceptors (Lipinski definition) is 7. The average molecular weight is 793 g/mol. The van der Waals surface area contributed by atoms with E-state index in [4.69, 9.17) is 16.3 Å². The highest BCUT2D eigenvalue weighted by Crippen LogP contribution is 2.33. The van der Waals surface area contributed by atoms with Crippen molar-refractivity contribution in [2.24, 2.45) is 18.9 Å². The van der Waals surface area contributed by atoms with Crippen molar-refractivity contribution in [3.63, 3.8) is 0 Å². The average Bonchev–Trinajstić information content (AvgIpc) is 3.74. The standard InChI is InChI=1S/C40H48ClF2N9O4/c1-25-32(23-51(47-25)15-18-56-4)29-7-8-31(36(43)35(29)42)34-22-45-37(48(34)2)38(53)46-28-5-6-30(33(41)19-28)40(55)50-13-11-49(12-14-50)39(54)27-9-16-52(3,17-10-27)24-26-20-44-21-26/h5-8,19,22-23,26-27,44H,9-18,20-21,24H2,1-4H3/p+1. The Bertz CT molecular complexity index is 2120. The summed E-state index contributed by atoms with van der Waals surface area (Å²) < 4.78 is 40.2. The van der Waals surface area contributed by atoms with Crippen LogP contribution in [0.5, 0.6) is 0 Å². The van der Waals surface area contributed by atoms with Gasteiger partial charge in [-0.3, -0.25) is 19.1 Å². The molecule has 298 valence electrons. The van der Waals surface area contributed by atoms with E-state index in [1.807, 2.05) is 4.90 Å². The van der Waals surface area contributed by atoms with Crippen LogP contribution in [0.15, 0.2) is 42.7 Å². The number of halogens is 3. The van der Waals surface area contributed by atoms with Gasteiger partial charge in [0.25, 0.3) is 11.8 Å². The summed E-state index contributed by atoms with van der Waals surface area (Å²) in [4.78, 5) is 48.0. The fraction of sp³-hybridized carbons (Fsp3) is 0.475. The van der Waals surface area contributed by atoms with Gasteiger partial charge < -0.3 is 34.2 Å². The first kappa shape index (κ1) is 39.5. The quantitative estimate of drug-likeness (QED) is 0.215. The number of likely N-dealkylation sites (tertiary alicyclic amines) is 1. The van der Waals surface area contributed by atoms with Crippen LogP contribution in [-0.2, 0) is 23.1 Å². The fourth-order valence-corrected chi connectivity index (χ4v) is 8.40. The largest absolute Gasteiger partial charge is 0.383 e. The Hall–Kier alpha value is -4.70. The normalized spacial score (nSPS) is 20.2. The zero-order valence-electron chi connectivity index (χ0n) is 32.3. The Kier molecular flexibility index (Phi) is 11.6. The van der Waals surface area contributed by atoms with Gasteiger partial charge in [0.05, 0.1) is 68.0 Å². The second-order valence-corrected chi connectivity index (χ2v) is 15.9. The summed E-state index contributed by atoms with van der Waals surface area (Å²) in [5, 5.41) is 10.6. The van der Waals surface area contributed by atoms with Crippen molar-refractivity contribution in [1.29, 1.82) is 0 Å². The maximum Gasteiger partial charge on any atom is 0.291 e. The predicted molar refractivity (Wildman–Crippen MR) is 208 cm³/mol. The first-order valence-corrected chi connectivity index (χ1v) is 19.5. The number of piperidine rings is 1. The molecule has 7 rings (SSSR count). The third kappa shape index (κ3) is 8.08. The molecule has 0 atom stereocenters. The van der Waals surface area contributed by atoms with Crippen LogP contribution in [0.1, 0.15) is 39.5 Å². The van der Waals surface area contributed by atoms with Gasteiger partial charge in [0, 0.05) is 107 Å². The lowest BCUT2D eigenvalue weighted by Crippen LogP contribution is -2.59. The zero-order chi connectivity index (χ0) is 39.7. The number of carbonyl (C=O) groups is 3. The van der Waals surface area contributed by atoms with E-state index in [0.29, 0.717) is 56.3 Å². The molecule has 0 saturated carbocycles. The molecule has 2 aromatic carbocycles. The number of methoxy groups -OCH3 is 1. The van der Waals surface area contributed by atoms with E-state index < -0.39 is 17.5 Å². The molecule has 13 nitrogen and oxygen atoms in total. The van der Waals surface area contributed by atoms with Gasteiger partial charge in [-0.05, 0) is 31.2 Å². The molecule has 2 N–H and O–H groups in total. The highest BCUT2D eigenvalue weighted by atomic mass is 35.5. The summed E-state index contributed by atoms with van der Waals surface area (Å²) >= 11 is 6.58. The van der Waals surface area contributed by atoms with Gasteiger partial charge in [-0.2, -0.15) is 5.10 Å². The van der Waals surface area contributed by atoms with Crippen molar-refractivity contribution >= 4 is 35.0 Å². The van der Waals surface area contributed by atoms with Gasteiger partial charge in [0.15, 0.2) is 17.5 Å². The topological polar surface area (TPSA) is 127 Å². The molecule has 0 radical (unpaired) electrons. The van der Waals surface area contributed by atoms with Crippen molar-refractivity contribution in [3.8, 4) is 22.4 Å². The minimum absolute atomic E-state index is 0.0340. The maximum absolute atomic E-state index is 15.6. The third-order valence-corrected chi connectivity index (χ3v) is 11.9. The molecule has 56 heavy (non-hydrogen) atoms. The summed E-state index contributed by atoms with van der Waals surface area (Å²) in [6.45, 7) is 9.76. The highest BCUT2D eigenvalue weighted by Gasteiger charge is 2.38. The third-order valence-electron chi connectivity index (χ3n) is 11.6. The van der Waals surface area contributed by atoms with Gasteiger partial charge in [-0.15, -0.1) is 0 Å². The molecule has 0 spiro atoms. The number of nitrogens with zero attached hydrogens (tertiary/aromatic N) is 7. The van der Waals surface area contributed by atoms with E-state index in [0.717, 1.165) is 49.4 Å². The van der Waals surface area contributed by atoms with Crippen LogP contribution < -0.4 is 10.6 Å². The van der Waals surface area contributed by atoms with Crippen molar-refractivity contribution in [2.45, 2.75) is 26.3 Å². The summed E-state index contributed by atoms with van der Waals surface area (Å²) in [6, 6.07) is 7.55. The molecule has 0 unspecified atom stereocenters. The van der Waals surface area contributed by atoms with Crippen molar-refractivity contribution < 1.29 is 32.4 Å². The Morgan fingerprint density at radius 3 is 2.34 bits per heavy atom. The van der Waals surface area contributed by atoms with Crippen LogP contribution in [0.4, 0.5) is 14.5 Å². The molecule has 0 aliphatic carbocycles. The van der Waals surface area contributed by atoms with Crippen LogP contribution in [0.3, 0.4) is 0 Å². The summed E-state index contributed by atoms with van der Waals surface area (Å²) in [7, 11) is 5.42. The summed E-state index contributed by atoms with van der Waals surface area (Å²) in [5.41, 5.74) is 1.82. The van der Waals surface area contributed by atoms with Gasteiger partial charge in [0.2, 0.25) is 5.91 Å². The smallest absolute Gasteiger partial charge is 0.291 e. The van der Waals surface area contributed by atoms with Crippen molar-refractivity contribution in [3.05, 3.63) is 76.5 Å². The van der Waals surface area contributed by atoms with E-state index >= 15 is 8.78 Å².